The van der Waals surface area contributed by atoms with Crippen molar-refractivity contribution in [2.75, 3.05) is 5.73 Å². The summed E-state index contributed by atoms with van der Waals surface area (Å²) in [5, 5.41) is 0. The maximum atomic E-state index is 5.92. The molecule has 0 radical (unpaired) electrons. The van der Waals surface area contributed by atoms with E-state index in [1.165, 1.54) is 12.8 Å². The number of imidazole rings is 1. The van der Waals surface area contributed by atoms with Crippen molar-refractivity contribution in [1.29, 1.82) is 0 Å². The van der Waals surface area contributed by atoms with Crippen LogP contribution in [0, 0.1) is 0 Å². The molecule has 1 aromatic rings. The van der Waals surface area contributed by atoms with Gasteiger partial charge in [-0.25, -0.2) is 4.98 Å². The molecule has 13 heavy (non-hydrogen) atoms. The smallest absolute Gasteiger partial charge is 0.126 e. The molecule has 0 atom stereocenters. The van der Waals surface area contributed by atoms with Gasteiger partial charge in [0.15, 0.2) is 0 Å². The lowest BCUT2D eigenvalue weighted by Crippen LogP contribution is -2.01. The molecule has 0 unspecified atom stereocenters. The lowest BCUT2D eigenvalue weighted by atomic mass is 10.2. The fourth-order valence-electron chi connectivity index (χ4n) is 1.47. The van der Waals surface area contributed by atoms with E-state index in [2.05, 4.69) is 18.8 Å². The van der Waals surface area contributed by atoms with Crippen LogP contribution in [0.5, 0.6) is 0 Å². The first-order valence-electron chi connectivity index (χ1n) is 5.00. The molecule has 3 heteroatoms. The standard InChI is InChI=1S/C10H19N3/c1-4-6-7-8-10(11)13(3)9(5-2)12-8/h4-7,11H2,1-3H3. The molecule has 0 bridgehead atoms. The van der Waals surface area contributed by atoms with Crippen LogP contribution < -0.4 is 5.73 Å². The maximum absolute atomic E-state index is 5.92. The number of nitrogens with two attached hydrogens (primary N) is 1. The van der Waals surface area contributed by atoms with E-state index in [9.17, 15) is 0 Å². The zero-order valence-corrected chi connectivity index (χ0v) is 8.80. The van der Waals surface area contributed by atoms with Crippen LogP contribution in [0.1, 0.15) is 38.2 Å². The van der Waals surface area contributed by atoms with Crippen molar-refractivity contribution < 1.29 is 0 Å². The molecule has 0 fully saturated rings. The first-order chi connectivity index (χ1) is 6.20. The Balaban J connectivity index is 2.82. The first kappa shape index (κ1) is 10.1. The summed E-state index contributed by atoms with van der Waals surface area (Å²) in [6.45, 7) is 4.28. The van der Waals surface area contributed by atoms with Crippen LogP contribution in [-0.2, 0) is 19.9 Å². The van der Waals surface area contributed by atoms with Gasteiger partial charge in [0.05, 0.1) is 5.69 Å². The quantitative estimate of drug-likeness (QED) is 0.771. The number of hydrogen-bond acceptors (Lipinski definition) is 2. The van der Waals surface area contributed by atoms with Gasteiger partial charge in [0, 0.05) is 13.5 Å². The van der Waals surface area contributed by atoms with Crippen LogP contribution >= 0.6 is 0 Å². The van der Waals surface area contributed by atoms with Gasteiger partial charge in [-0.2, -0.15) is 0 Å². The Labute approximate surface area is 80.0 Å². The van der Waals surface area contributed by atoms with E-state index in [4.69, 9.17) is 5.73 Å². The number of aromatic nitrogens is 2. The molecule has 0 saturated carbocycles. The molecular formula is C10H19N3. The summed E-state index contributed by atoms with van der Waals surface area (Å²) >= 11 is 0. The zero-order valence-electron chi connectivity index (χ0n) is 8.80. The lowest BCUT2D eigenvalue weighted by Gasteiger charge is -1.99. The summed E-state index contributed by atoms with van der Waals surface area (Å²) < 4.78 is 1.99. The minimum atomic E-state index is 0.838. The Kier molecular flexibility index (Phi) is 3.34. The van der Waals surface area contributed by atoms with Crippen LogP contribution in [0.15, 0.2) is 0 Å². The molecule has 0 amide bonds. The second-order valence-corrected chi connectivity index (χ2v) is 3.38. The second-order valence-electron chi connectivity index (χ2n) is 3.38. The molecule has 3 nitrogen and oxygen atoms in total. The van der Waals surface area contributed by atoms with E-state index in [1.807, 2.05) is 11.6 Å². The molecule has 1 heterocycles. The van der Waals surface area contributed by atoms with E-state index in [0.29, 0.717) is 0 Å². The summed E-state index contributed by atoms with van der Waals surface area (Å²) in [5.41, 5.74) is 6.99. The third-order valence-electron chi connectivity index (χ3n) is 2.39. The van der Waals surface area contributed by atoms with Crippen LogP contribution in [0.25, 0.3) is 0 Å². The number of unbranched alkanes of at least 4 members (excludes halogenated alkanes) is 1. The minimum absolute atomic E-state index is 0.838. The van der Waals surface area contributed by atoms with E-state index in [1.54, 1.807) is 0 Å². The number of aryl methyl sites for hydroxylation is 2. The summed E-state index contributed by atoms with van der Waals surface area (Å²) in [4.78, 5) is 4.50. The first-order valence-corrected chi connectivity index (χ1v) is 5.00. The molecule has 0 saturated heterocycles. The highest BCUT2D eigenvalue weighted by Crippen LogP contribution is 2.15. The van der Waals surface area contributed by atoms with E-state index in [-0.39, 0.29) is 0 Å². The normalized spacial score (nSPS) is 10.7. The maximum Gasteiger partial charge on any atom is 0.126 e. The van der Waals surface area contributed by atoms with Crippen LogP contribution in [-0.4, -0.2) is 9.55 Å². The fourth-order valence-corrected chi connectivity index (χ4v) is 1.47. The monoisotopic (exact) mass is 181 g/mol. The highest BCUT2D eigenvalue weighted by Gasteiger charge is 2.09. The average Bonchev–Trinajstić information content (AvgIpc) is 2.41. The molecule has 1 aromatic heterocycles. The van der Waals surface area contributed by atoms with Gasteiger partial charge in [0.2, 0.25) is 0 Å². The van der Waals surface area contributed by atoms with Crippen molar-refractivity contribution in [3.63, 3.8) is 0 Å². The molecule has 0 aliphatic heterocycles. The fraction of sp³-hybridized carbons (Fsp3) is 0.700. The third-order valence-corrected chi connectivity index (χ3v) is 2.39. The van der Waals surface area contributed by atoms with Crippen LogP contribution in [0.4, 0.5) is 5.82 Å². The molecule has 1 rings (SSSR count). The van der Waals surface area contributed by atoms with Crippen molar-refractivity contribution in [3.8, 4) is 0 Å². The van der Waals surface area contributed by atoms with E-state index in [0.717, 1.165) is 30.2 Å². The summed E-state index contributed by atoms with van der Waals surface area (Å²) in [6, 6.07) is 0. The number of nitrogens with zero attached hydrogens (tertiary/aromatic N) is 2. The van der Waals surface area contributed by atoms with Crippen molar-refractivity contribution in [3.05, 3.63) is 11.5 Å². The average molecular weight is 181 g/mol. The second kappa shape index (κ2) is 4.30. The number of hydrogen-bond donors (Lipinski definition) is 1. The van der Waals surface area contributed by atoms with Crippen molar-refractivity contribution in [1.82, 2.24) is 9.55 Å². The number of rotatable bonds is 4. The summed E-state index contributed by atoms with van der Waals surface area (Å²) in [7, 11) is 1.98. The summed E-state index contributed by atoms with van der Waals surface area (Å²) in [5.74, 6) is 1.92. The lowest BCUT2D eigenvalue weighted by molar-refractivity contribution is 0.778. The Bertz CT molecular complexity index is 276. The van der Waals surface area contributed by atoms with Crippen molar-refractivity contribution in [2.24, 2.45) is 7.05 Å². The molecule has 0 aliphatic rings. The Morgan fingerprint density at radius 1 is 1.38 bits per heavy atom. The molecule has 0 aliphatic carbocycles. The summed E-state index contributed by atoms with van der Waals surface area (Å²) in [6.07, 6.45) is 4.32. The Morgan fingerprint density at radius 3 is 2.54 bits per heavy atom. The molecule has 74 valence electrons. The van der Waals surface area contributed by atoms with Crippen molar-refractivity contribution in [2.45, 2.75) is 39.5 Å². The number of nitrogen functional groups attached to an aromatic ring is 1. The zero-order chi connectivity index (χ0) is 9.84. The van der Waals surface area contributed by atoms with Gasteiger partial charge in [0.1, 0.15) is 11.6 Å². The van der Waals surface area contributed by atoms with E-state index < -0.39 is 0 Å². The van der Waals surface area contributed by atoms with Gasteiger partial charge >= 0.3 is 0 Å². The van der Waals surface area contributed by atoms with Crippen LogP contribution in [0.3, 0.4) is 0 Å². The molecular weight excluding hydrogens is 162 g/mol. The van der Waals surface area contributed by atoms with Gasteiger partial charge in [-0.05, 0) is 12.8 Å². The SMILES string of the molecule is CCCCc1nc(CC)n(C)c1N. The minimum Gasteiger partial charge on any atom is -0.384 e. The predicted octanol–water partition coefficient (Wildman–Crippen LogP) is 1.91. The van der Waals surface area contributed by atoms with E-state index >= 15 is 0 Å². The highest BCUT2D eigenvalue weighted by molar-refractivity contribution is 5.38. The largest absolute Gasteiger partial charge is 0.384 e. The molecule has 0 aromatic carbocycles. The van der Waals surface area contributed by atoms with Gasteiger partial charge in [0.25, 0.3) is 0 Å². The van der Waals surface area contributed by atoms with Gasteiger partial charge in [-0.3, -0.25) is 0 Å². The third kappa shape index (κ3) is 2.02. The van der Waals surface area contributed by atoms with Crippen molar-refractivity contribution >= 4 is 5.82 Å². The van der Waals surface area contributed by atoms with Crippen LogP contribution in [0.2, 0.25) is 0 Å². The Hall–Kier alpha value is -0.990. The van der Waals surface area contributed by atoms with Gasteiger partial charge in [-0.1, -0.05) is 20.3 Å². The Morgan fingerprint density at radius 2 is 2.08 bits per heavy atom. The predicted molar refractivity (Wildman–Crippen MR) is 55.6 cm³/mol. The van der Waals surface area contributed by atoms with Gasteiger partial charge < -0.3 is 10.3 Å². The molecule has 0 spiro atoms. The van der Waals surface area contributed by atoms with Gasteiger partial charge in [-0.15, -0.1) is 0 Å². The number of anilines is 1. The molecule has 2 N–H and O–H groups in total. The highest BCUT2D eigenvalue weighted by atomic mass is 15.1. The topological polar surface area (TPSA) is 43.8 Å².